The summed E-state index contributed by atoms with van der Waals surface area (Å²) in [4.78, 5) is 21.1. The smallest absolute Gasteiger partial charge is 0.227 e. The fourth-order valence-corrected chi connectivity index (χ4v) is 3.25. The number of carbonyl (C=O) groups excluding carboxylic acids is 1. The Balaban J connectivity index is 1.66. The third-order valence-electron chi connectivity index (χ3n) is 5.13. The summed E-state index contributed by atoms with van der Waals surface area (Å²) in [6.45, 7) is 4.36. The first kappa shape index (κ1) is 24.6. The number of nitrogens with one attached hydrogen (secondary N) is 3. The lowest BCUT2D eigenvalue weighted by Gasteiger charge is -2.15. The van der Waals surface area contributed by atoms with Gasteiger partial charge in [-0.1, -0.05) is 6.07 Å². The number of hydrogen-bond donors (Lipinski definition) is 3. The molecular formula is C23H27FN8O2. The van der Waals surface area contributed by atoms with E-state index in [1.54, 1.807) is 38.0 Å². The molecule has 0 bridgehead atoms. The molecule has 1 atom stereocenters. The number of halogens is 1. The largest absolute Gasteiger partial charge is 0.381 e. The van der Waals surface area contributed by atoms with Crippen molar-refractivity contribution < 1.29 is 13.9 Å². The van der Waals surface area contributed by atoms with Gasteiger partial charge in [-0.15, -0.1) is 0 Å². The number of nitriles is 1. The van der Waals surface area contributed by atoms with Crippen molar-refractivity contribution in [1.82, 2.24) is 19.7 Å². The van der Waals surface area contributed by atoms with E-state index in [2.05, 4.69) is 31.0 Å². The molecule has 0 radical (unpaired) electrons. The molecule has 3 rings (SSSR count). The summed E-state index contributed by atoms with van der Waals surface area (Å²) in [6.07, 6.45) is 3.54. The van der Waals surface area contributed by atoms with Crippen LogP contribution >= 0.6 is 0 Å². The highest BCUT2D eigenvalue weighted by Crippen LogP contribution is 2.24. The highest BCUT2D eigenvalue weighted by atomic mass is 19.1. The minimum atomic E-state index is -0.447. The van der Waals surface area contributed by atoms with Crippen molar-refractivity contribution in [1.29, 1.82) is 5.26 Å². The van der Waals surface area contributed by atoms with Crippen LogP contribution in [0, 0.1) is 24.1 Å². The lowest BCUT2D eigenvalue weighted by atomic mass is 10.1. The van der Waals surface area contributed by atoms with E-state index in [1.807, 2.05) is 19.2 Å². The fraction of sp³-hybridized carbons (Fsp3) is 0.348. The topological polar surface area (TPSA) is 130 Å². The average Bonchev–Trinajstić information content (AvgIpc) is 3.27. The third-order valence-corrected chi connectivity index (χ3v) is 5.13. The molecule has 178 valence electrons. The van der Waals surface area contributed by atoms with Crippen molar-refractivity contribution in [3.63, 3.8) is 0 Å². The highest BCUT2D eigenvalue weighted by Gasteiger charge is 2.16. The van der Waals surface area contributed by atoms with Crippen LogP contribution in [0.15, 0.2) is 30.6 Å². The van der Waals surface area contributed by atoms with Crippen LogP contribution in [0.1, 0.15) is 35.7 Å². The molecule has 11 heteroatoms. The Bertz CT molecular complexity index is 1200. The normalized spacial score (nSPS) is 11.5. The lowest BCUT2D eigenvalue weighted by Crippen LogP contribution is -2.21. The van der Waals surface area contributed by atoms with Gasteiger partial charge in [-0.2, -0.15) is 15.3 Å². The standard InChI is InChI=1S/C23H27FN8O2/c1-14(34-4)7-20(33)30-21-15(2)29-23(31-22(21)26-3)27-10-16-11-28-32(12-16)13-17-5-6-19(24)8-18(17)9-25/h5-6,8,11-12,14H,7,10,13H2,1-4H3,(H,30,33)(H2,26,27,29,31)/t14-/m1/s1. The molecule has 3 aromatic rings. The van der Waals surface area contributed by atoms with E-state index in [4.69, 9.17) is 4.74 Å². The summed E-state index contributed by atoms with van der Waals surface area (Å²) in [6, 6.07) is 6.13. The molecule has 1 amide bonds. The number of hydrogen-bond acceptors (Lipinski definition) is 8. The predicted octanol–water partition coefficient (Wildman–Crippen LogP) is 3.06. The predicted molar refractivity (Wildman–Crippen MR) is 126 cm³/mol. The van der Waals surface area contributed by atoms with E-state index < -0.39 is 5.82 Å². The molecule has 0 aliphatic carbocycles. The summed E-state index contributed by atoms with van der Waals surface area (Å²) in [7, 11) is 3.27. The van der Waals surface area contributed by atoms with Gasteiger partial charge in [0.1, 0.15) is 11.5 Å². The maximum absolute atomic E-state index is 13.3. The SMILES string of the molecule is CNc1nc(NCc2cnn(Cc3ccc(F)cc3C#N)c2)nc(C)c1NC(=O)C[C@@H](C)OC. The van der Waals surface area contributed by atoms with E-state index in [0.29, 0.717) is 41.8 Å². The van der Waals surface area contributed by atoms with E-state index in [9.17, 15) is 14.4 Å². The Labute approximate surface area is 197 Å². The summed E-state index contributed by atoms with van der Waals surface area (Å²) in [5.41, 5.74) is 2.96. The number of nitrogens with zero attached hydrogens (tertiary/aromatic N) is 5. The maximum Gasteiger partial charge on any atom is 0.227 e. The zero-order chi connectivity index (χ0) is 24.7. The van der Waals surface area contributed by atoms with E-state index >= 15 is 0 Å². The molecule has 1 aromatic carbocycles. The number of carbonyl (C=O) groups is 1. The van der Waals surface area contributed by atoms with Crippen LogP contribution in [0.4, 0.5) is 21.8 Å². The molecule has 10 nitrogen and oxygen atoms in total. The van der Waals surface area contributed by atoms with E-state index in [0.717, 1.165) is 5.56 Å². The first-order chi connectivity index (χ1) is 16.3. The van der Waals surface area contributed by atoms with E-state index in [1.165, 1.54) is 12.1 Å². The molecule has 34 heavy (non-hydrogen) atoms. The second kappa shape index (κ2) is 11.2. The molecule has 2 heterocycles. The van der Waals surface area contributed by atoms with Gasteiger partial charge in [0, 0.05) is 32.5 Å². The van der Waals surface area contributed by atoms with Gasteiger partial charge in [-0.3, -0.25) is 9.48 Å². The molecular weight excluding hydrogens is 439 g/mol. The van der Waals surface area contributed by atoms with Crippen LogP contribution in [0.2, 0.25) is 0 Å². The number of aryl methyl sites for hydroxylation is 1. The van der Waals surface area contributed by atoms with Gasteiger partial charge in [0.05, 0.1) is 42.6 Å². The summed E-state index contributed by atoms with van der Waals surface area (Å²) >= 11 is 0. The van der Waals surface area contributed by atoms with Gasteiger partial charge in [0.15, 0.2) is 5.82 Å². The first-order valence-electron chi connectivity index (χ1n) is 10.7. The summed E-state index contributed by atoms with van der Waals surface area (Å²) < 4.78 is 20.2. The number of aromatic nitrogens is 4. The van der Waals surface area contributed by atoms with Crippen molar-refractivity contribution in [2.75, 3.05) is 30.1 Å². The number of benzene rings is 1. The maximum atomic E-state index is 13.3. The molecule has 0 aliphatic rings. The summed E-state index contributed by atoms with van der Waals surface area (Å²) in [5.74, 6) is 0.246. The fourth-order valence-electron chi connectivity index (χ4n) is 3.25. The monoisotopic (exact) mass is 466 g/mol. The van der Waals surface area contributed by atoms with Crippen molar-refractivity contribution in [2.24, 2.45) is 0 Å². The number of ether oxygens (including phenoxy) is 1. The quantitative estimate of drug-likeness (QED) is 0.416. The minimum absolute atomic E-state index is 0.189. The second-order valence-corrected chi connectivity index (χ2v) is 7.72. The minimum Gasteiger partial charge on any atom is -0.381 e. The molecule has 0 saturated carbocycles. The third kappa shape index (κ3) is 6.26. The van der Waals surface area contributed by atoms with Gasteiger partial charge < -0.3 is 20.7 Å². The molecule has 0 saturated heterocycles. The van der Waals surface area contributed by atoms with Crippen LogP contribution < -0.4 is 16.0 Å². The Morgan fingerprint density at radius 2 is 2.15 bits per heavy atom. The average molecular weight is 467 g/mol. The van der Waals surface area contributed by atoms with Gasteiger partial charge >= 0.3 is 0 Å². The van der Waals surface area contributed by atoms with Gasteiger partial charge in [0.25, 0.3) is 0 Å². The zero-order valence-electron chi connectivity index (χ0n) is 19.5. The number of rotatable bonds is 10. The Kier molecular flexibility index (Phi) is 8.10. The molecule has 0 unspecified atom stereocenters. The lowest BCUT2D eigenvalue weighted by molar-refractivity contribution is -0.118. The van der Waals surface area contributed by atoms with Crippen LogP contribution in [0.3, 0.4) is 0 Å². The Hall–Kier alpha value is -4.04. The highest BCUT2D eigenvalue weighted by molar-refractivity contribution is 5.94. The first-order valence-corrected chi connectivity index (χ1v) is 10.7. The van der Waals surface area contributed by atoms with Crippen LogP contribution in [0.25, 0.3) is 0 Å². The zero-order valence-corrected chi connectivity index (χ0v) is 19.5. The molecule has 3 N–H and O–H groups in total. The Morgan fingerprint density at radius 1 is 1.35 bits per heavy atom. The number of anilines is 3. The van der Waals surface area contributed by atoms with E-state index in [-0.39, 0.29) is 24.0 Å². The Morgan fingerprint density at radius 3 is 2.85 bits per heavy atom. The van der Waals surface area contributed by atoms with Crippen molar-refractivity contribution in [2.45, 2.75) is 39.5 Å². The van der Waals surface area contributed by atoms with Gasteiger partial charge in [0.2, 0.25) is 11.9 Å². The van der Waals surface area contributed by atoms with Crippen LogP contribution in [0.5, 0.6) is 0 Å². The van der Waals surface area contributed by atoms with Crippen LogP contribution in [-0.4, -0.2) is 45.9 Å². The molecule has 0 fully saturated rings. The van der Waals surface area contributed by atoms with Crippen molar-refractivity contribution in [3.05, 3.63) is 58.8 Å². The number of methoxy groups -OCH3 is 1. The van der Waals surface area contributed by atoms with Crippen molar-refractivity contribution in [3.8, 4) is 6.07 Å². The second-order valence-electron chi connectivity index (χ2n) is 7.72. The van der Waals surface area contributed by atoms with Gasteiger partial charge in [-0.05, 0) is 31.5 Å². The van der Waals surface area contributed by atoms with Crippen molar-refractivity contribution >= 4 is 23.4 Å². The summed E-state index contributed by atoms with van der Waals surface area (Å²) in [5, 5.41) is 22.5. The van der Waals surface area contributed by atoms with Crippen LogP contribution in [-0.2, 0) is 22.6 Å². The molecule has 0 aliphatic heterocycles. The van der Waals surface area contributed by atoms with Gasteiger partial charge in [-0.25, -0.2) is 9.37 Å². The molecule has 0 spiro atoms. The number of amides is 1. The molecule has 2 aromatic heterocycles.